The smallest absolute Gasteiger partial charge is 0.373 e. The molecule has 0 atom stereocenters. The maximum atomic E-state index is 10.7. The van der Waals surface area contributed by atoms with E-state index >= 15 is 0 Å². The molecule has 0 spiro atoms. The number of hydrogen-bond donors (Lipinski definition) is 3. The molecule has 118 valence electrons. The summed E-state index contributed by atoms with van der Waals surface area (Å²) < 4.78 is 5.05. The summed E-state index contributed by atoms with van der Waals surface area (Å²) >= 11 is 6.16. The zero-order valence-corrected chi connectivity index (χ0v) is 13.2. The minimum Gasteiger partial charge on any atom is -0.506 e. The monoisotopic (exact) mass is 324 g/mol. The second kappa shape index (κ2) is 5.88. The Morgan fingerprint density at radius 3 is 2.64 bits per heavy atom. The maximum absolute atomic E-state index is 10.7. The minimum absolute atomic E-state index is 0.00279. The molecule has 0 amide bonds. The van der Waals surface area contributed by atoms with E-state index in [1.165, 1.54) is 6.07 Å². The normalized spacial score (nSPS) is 11.5. The van der Waals surface area contributed by atoms with E-state index in [0.717, 1.165) is 11.8 Å². The largest absolute Gasteiger partial charge is 0.506 e. The highest BCUT2D eigenvalue weighted by molar-refractivity contribution is 6.31. The molecular weight excluding hydrogens is 308 g/mol. The molecule has 0 unspecified atom stereocenters. The fourth-order valence-corrected chi connectivity index (χ4v) is 2.38. The number of hydrogen-bond acceptors (Lipinski definition) is 5. The van der Waals surface area contributed by atoms with E-state index in [9.17, 15) is 9.90 Å². The average molecular weight is 325 g/mol. The predicted molar refractivity (Wildman–Crippen MR) is 82.6 cm³/mol. The van der Waals surface area contributed by atoms with Gasteiger partial charge in [-0.1, -0.05) is 32.4 Å². The van der Waals surface area contributed by atoms with Crippen LogP contribution in [0, 0.1) is 0 Å². The summed E-state index contributed by atoms with van der Waals surface area (Å²) in [7, 11) is 0. The lowest BCUT2D eigenvalue weighted by molar-refractivity contribution is 0.0660. The van der Waals surface area contributed by atoms with Crippen LogP contribution in [0.5, 0.6) is 5.75 Å². The number of aromatic hydroxyl groups is 1. The number of aromatic carboxylic acids is 1. The molecule has 0 fully saturated rings. The van der Waals surface area contributed by atoms with Gasteiger partial charge in [0.05, 0.1) is 18.4 Å². The molecule has 2 rings (SSSR count). The number of phenols is 1. The lowest BCUT2D eigenvalue weighted by Crippen LogP contribution is -2.12. The summed E-state index contributed by atoms with van der Waals surface area (Å²) in [6.45, 7) is 6.19. The van der Waals surface area contributed by atoms with Crippen molar-refractivity contribution in [3.05, 3.63) is 40.6 Å². The van der Waals surface area contributed by atoms with Crippen molar-refractivity contribution in [1.29, 1.82) is 0 Å². The fraction of sp³-hybridized carbons (Fsp3) is 0.333. The van der Waals surface area contributed by atoms with Gasteiger partial charge in [-0.2, -0.15) is 0 Å². The standard InChI is InChI=1S/C15H17ClN2O4/c1-15(2,3)8-4-10(11(19)5-9(8)16)17-7-13-18-6-12(22-13)14(20)21/h4-6,17,19H,7H2,1-3H3,(H,20,21). The van der Waals surface area contributed by atoms with Gasteiger partial charge in [0.1, 0.15) is 5.75 Å². The Hall–Kier alpha value is -2.21. The average Bonchev–Trinajstić information content (AvgIpc) is 2.85. The zero-order valence-electron chi connectivity index (χ0n) is 12.5. The summed E-state index contributed by atoms with van der Waals surface area (Å²) in [5, 5.41) is 22.2. The number of carboxylic acids is 1. The van der Waals surface area contributed by atoms with Gasteiger partial charge in [0.2, 0.25) is 11.7 Å². The van der Waals surface area contributed by atoms with Crippen LogP contribution in [0.15, 0.2) is 22.7 Å². The number of nitrogens with one attached hydrogen (secondary N) is 1. The van der Waals surface area contributed by atoms with Gasteiger partial charge in [0.15, 0.2) is 0 Å². The third-order valence-electron chi connectivity index (χ3n) is 3.09. The van der Waals surface area contributed by atoms with Crippen LogP contribution in [0.25, 0.3) is 0 Å². The molecular formula is C15H17ClN2O4. The Balaban J connectivity index is 2.20. The summed E-state index contributed by atoms with van der Waals surface area (Å²) in [6, 6.07) is 3.24. The summed E-state index contributed by atoms with van der Waals surface area (Å²) in [5.74, 6) is -1.19. The number of oxazole rings is 1. The van der Waals surface area contributed by atoms with Crippen molar-refractivity contribution < 1.29 is 19.4 Å². The van der Waals surface area contributed by atoms with Crippen molar-refractivity contribution in [2.75, 3.05) is 5.32 Å². The first-order chi connectivity index (χ1) is 10.2. The van der Waals surface area contributed by atoms with Gasteiger partial charge in [-0.3, -0.25) is 0 Å². The maximum Gasteiger partial charge on any atom is 0.373 e. The minimum atomic E-state index is -1.18. The van der Waals surface area contributed by atoms with Gasteiger partial charge in [0, 0.05) is 11.1 Å². The van der Waals surface area contributed by atoms with Crippen molar-refractivity contribution in [3.63, 3.8) is 0 Å². The van der Waals surface area contributed by atoms with Crippen LogP contribution in [0.2, 0.25) is 5.02 Å². The highest BCUT2D eigenvalue weighted by Crippen LogP contribution is 2.37. The molecule has 0 saturated heterocycles. The van der Waals surface area contributed by atoms with E-state index in [2.05, 4.69) is 10.3 Å². The summed E-state index contributed by atoms with van der Waals surface area (Å²) in [6.07, 6.45) is 1.14. The predicted octanol–water partition coefficient (Wildman–Crippen LogP) is 3.64. The molecule has 1 aromatic heterocycles. The van der Waals surface area contributed by atoms with Crippen molar-refractivity contribution in [1.82, 2.24) is 4.98 Å². The number of nitrogens with zero attached hydrogens (tertiary/aromatic N) is 1. The van der Waals surface area contributed by atoms with Gasteiger partial charge in [-0.15, -0.1) is 0 Å². The van der Waals surface area contributed by atoms with Gasteiger partial charge in [0.25, 0.3) is 0 Å². The second-order valence-corrected chi connectivity index (χ2v) is 6.28. The first-order valence-corrected chi connectivity index (χ1v) is 7.01. The highest BCUT2D eigenvalue weighted by atomic mass is 35.5. The molecule has 0 bridgehead atoms. The van der Waals surface area contributed by atoms with E-state index in [1.54, 1.807) is 6.07 Å². The van der Waals surface area contributed by atoms with Crippen LogP contribution in [-0.2, 0) is 12.0 Å². The van der Waals surface area contributed by atoms with Crippen molar-refractivity contribution in [2.24, 2.45) is 0 Å². The van der Waals surface area contributed by atoms with Gasteiger partial charge >= 0.3 is 5.97 Å². The third kappa shape index (κ3) is 3.51. The molecule has 0 aliphatic carbocycles. The molecule has 7 heteroatoms. The second-order valence-electron chi connectivity index (χ2n) is 5.88. The van der Waals surface area contributed by atoms with Crippen molar-refractivity contribution >= 4 is 23.3 Å². The van der Waals surface area contributed by atoms with Gasteiger partial charge in [-0.25, -0.2) is 9.78 Å². The van der Waals surface area contributed by atoms with Gasteiger partial charge in [-0.05, 0) is 17.0 Å². The fourth-order valence-electron chi connectivity index (χ4n) is 1.94. The van der Waals surface area contributed by atoms with Crippen LogP contribution in [-0.4, -0.2) is 21.2 Å². The Labute approximate surface area is 132 Å². The third-order valence-corrected chi connectivity index (χ3v) is 3.40. The molecule has 1 aromatic carbocycles. The van der Waals surface area contributed by atoms with Crippen LogP contribution in [0.3, 0.4) is 0 Å². The van der Waals surface area contributed by atoms with Gasteiger partial charge < -0.3 is 19.9 Å². The van der Waals surface area contributed by atoms with E-state index in [0.29, 0.717) is 10.7 Å². The van der Waals surface area contributed by atoms with Crippen LogP contribution < -0.4 is 5.32 Å². The number of carbonyl (C=O) groups is 1. The van der Waals surface area contributed by atoms with Crippen LogP contribution >= 0.6 is 11.6 Å². The summed E-state index contributed by atoms with van der Waals surface area (Å²) in [4.78, 5) is 14.6. The SMILES string of the molecule is CC(C)(C)c1cc(NCc2ncc(C(=O)O)o2)c(O)cc1Cl. The Morgan fingerprint density at radius 2 is 2.09 bits per heavy atom. The topological polar surface area (TPSA) is 95.6 Å². The van der Waals surface area contributed by atoms with E-state index in [-0.39, 0.29) is 29.4 Å². The van der Waals surface area contributed by atoms with Crippen LogP contribution in [0.1, 0.15) is 42.8 Å². The molecule has 0 aliphatic rings. The number of carboxylic acid groups (broad SMARTS) is 1. The lowest BCUT2D eigenvalue weighted by Gasteiger charge is -2.22. The number of phenolic OH excluding ortho intramolecular Hbond substituents is 1. The van der Waals surface area contributed by atoms with E-state index in [4.69, 9.17) is 21.1 Å². The molecule has 1 heterocycles. The summed E-state index contributed by atoms with van der Waals surface area (Å²) in [5.41, 5.74) is 1.18. The number of benzene rings is 1. The molecule has 0 radical (unpaired) electrons. The zero-order chi connectivity index (χ0) is 16.5. The lowest BCUT2D eigenvalue weighted by atomic mass is 9.86. The molecule has 22 heavy (non-hydrogen) atoms. The highest BCUT2D eigenvalue weighted by Gasteiger charge is 2.20. The molecule has 6 nitrogen and oxygen atoms in total. The van der Waals surface area contributed by atoms with Crippen molar-refractivity contribution in [3.8, 4) is 5.75 Å². The van der Waals surface area contributed by atoms with Crippen LogP contribution in [0.4, 0.5) is 5.69 Å². The molecule has 0 aliphatic heterocycles. The number of anilines is 1. The Kier molecular flexibility index (Phi) is 4.32. The quantitative estimate of drug-likeness (QED) is 0.743. The number of rotatable bonds is 4. The van der Waals surface area contributed by atoms with E-state index < -0.39 is 5.97 Å². The number of aromatic nitrogens is 1. The molecule has 0 saturated carbocycles. The number of halogens is 1. The Bertz CT molecular complexity index is 704. The first-order valence-electron chi connectivity index (χ1n) is 6.63. The van der Waals surface area contributed by atoms with E-state index in [1.807, 2.05) is 20.8 Å². The van der Waals surface area contributed by atoms with Crippen molar-refractivity contribution in [2.45, 2.75) is 32.7 Å². The Morgan fingerprint density at radius 1 is 1.41 bits per heavy atom. The first kappa shape index (κ1) is 16.2. The molecule has 3 N–H and O–H groups in total. The molecule has 2 aromatic rings.